The summed E-state index contributed by atoms with van der Waals surface area (Å²) in [4.78, 5) is 8.64. The Hall–Kier alpha value is -2.10. The van der Waals surface area contributed by atoms with Crippen LogP contribution in [0.5, 0.6) is 0 Å². The summed E-state index contributed by atoms with van der Waals surface area (Å²) in [6.07, 6.45) is 3.57. The van der Waals surface area contributed by atoms with Gasteiger partial charge >= 0.3 is 0 Å². The predicted octanol–water partition coefficient (Wildman–Crippen LogP) is 3.94. The molecule has 4 nitrogen and oxygen atoms in total. The maximum absolute atomic E-state index is 5.85. The van der Waals surface area contributed by atoms with Crippen LogP contribution in [0.4, 0.5) is 11.8 Å². The van der Waals surface area contributed by atoms with Crippen molar-refractivity contribution >= 4 is 11.8 Å². The molecule has 1 heterocycles. The first-order valence-corrected chi connectivity index (χ1v) is 7.57. The topological polar surface area (TPSA) is 63.8 Å². The number of anilines is 2. The number of hydrogen-bond donors (Lipinski definition) is 2. The highest BCUT2D eigenvalue weighted by Crippen LogP contribution is 2.25. The molecule has 0 atom stereocenters. The molecule has 1 aromatic heterocycles. The Bertz CT molecular complexity index is 608. The van der Waals surface area contributed by atoms with E-state index >= 15 is 0 Å². The number of nitrogens with one attached hydrogen (secondary N) is 1. The van der Waals surface area contributed by atoms with Crippen molar-refractivity contribution in [2.24, 2.45) is 0 Å². The van der Waals surface area contributed by atoms with E-state index in [1.807, 2.05) is 12.1 Å². The first kappa shape index (κ1) is 15.3. The summed E-state index contributed by atoms with van der Waals surface area (Å²) in [6, 6.07) is 8.20. The van der Waals surface area contributed by atoms with Crippen LogP contribution in [0.25, 0.3) is 11.3 Å². The molecule has 0 radical (unpaired) electrons. The Morgan fingerprint density at radius 3 is 2.71 bits per heavy atom. The molecule has 0 fully saturated rings. The summed E-state index contributed by atoms with van der Waals surface area (Å²) in [6.45, 7) is 7.32. The van der Waals surface area contributed by atoms with Gasteiger partial charge in [0.15, 0.2) is 0 Å². The van der Waals surface area contributed by atoms with E-state index in [1.54, 1.807) is 0 Å². The van der Waals surface area contributed by atoms with E-state index in [-0.39, 0.29) is 0 Å². The predicted molar refractivity (Wildman–Crippen MR) is 89.4 cm³/mol. The van der Waals surface area contributed by atoms with Gasteiger partial charge in [-0.1, -0.05) is 38.0 Å². The lowest BCUT2D eigenvalue weighted by Gasteiger charge is -2.11. The number of hydrogen-bond acceptors (Lipinski definition) is 4. The van der Waals surface area contributed by atoms with Crippen LogP contribution in [-0.2, 0) is 0 Å². The van der Waals surface area contributed by atoms with Crippen LogP contribution in [0, 0.1) is 13.8 Å². The maximum Gasteiger partial charge on any atom is 0.222 e. The Balaban J connectivity index is 2.24. The molecule has 4 heteroatoms. The highest BCUT2D eigenvalue weighted by Gasteiger charge is 2.08. The van der Waals surface area contributed by atoms with E-state index in [2.05, 4.69) is 48.2 Å². The van der Waals surface area contributed by atoms with E-state index in [9.17, 15) is 0 Å². The molecule has 0 spiro atoms. The fourth-order valence-electron chi connectivity index (χ4n) is 2.31. The lowest BCUT2D eigenvalue weighted by Crippen LogP contribution is -2.06. The molecule has 112 valence electrons. The number of nitrogen functional groups attached to an aromatic ring is 1. The molecule has 0 saturated carbocycles. The van der Waals surface area contributed by atoms with Crippen molar-refractivity contribution in [2.45, 2.75) is 40.0 Å². The van der Waals surface area contributed by atoms with Crippen molar-refractivity contribution in [2.75, 3.05) is 17.6 Å². The number of nitrogens with two attached hydrogens (primary N) is 1. The van der Waals surface area contributed by atoms with Crippen LogP contribution in [0.15, 0.2) is 24.3 Å². The summed E-state index contributed by atoms with van der Waals surface area (Å²) in [7, 11) is 0. The smallest absolute Gasteiger partial charge is 0.222 e. The largest absolute Gasteiger partial charge is 0.370 e. The molecule has 0 bridgehead atoms. The number of aryl methyl sites for hydroxylation is 1. The molecule has 2 rings (SSSR count). The minimum absolute atomic E-state index is 0.311. The van der Waals surface area contributed by atoms with E-state index in [0.29, 0.717) is 5.95 Å². The molecule has 3 N–H and O–H groups in total. The summed E-state index contributed by atoms with van der Waals surface area (Å²) < 4.78 is 0. The van der Waals surface area contributed by atoms with Gasteiger partial charge in [0, 0.05) is 18.2 Å². The van der Waals surface area contributed by atoms with Crippen molar-refractivity contribution in [1.82, 2.24) is 9.97 Å². The molecule has 0 saturated heterocycles. The van der Waals surface area contributed by atoms with Crippen LogP contribution < -0.4 is 11.1 Å². The Morgan fingerprint density at radius 2 is 1.95 bits per heavy atom. The number of rotatable bonds is 6. The van der Waals surface area contributed by atoms with Crippen LogP contribution in [0.1, 0.15) is 37.3 Å². The van der Waals surface area contributed by atoms with Crippen LogP contribution >= 0.6 is 0 Å². The SMILES string of the molecule is CCCCCNc1cc(-c2cccc(C)c2C)nc(N)n1. The van der Waals surface area contributed by atoms with Gasteiger partial charge in [0.2, 0.25) is 5.95 Å². The Morgan fingerprint density at radius 1 is 1.14 bits per heavy atom. The molecular weight excluding hydrogens is 260 g/mol. The standard InChI is InChI=1S/C17H24N4/c1-4-5-6-10-19-16-11-15(20-17(18)21-16)14-9-7-8-12(2)13(14)3/h7-9,11H,4-6,10H2,1-3H3,(H3,18,19,20,21). The molecule has 1 aromatic carbocycles. The number of benzene rings is 1. The average Bonchev–Trinajstić information content (AvgIpc) is 2.46. The monoisotopic (exact) mass is 284 g/mol. The number of nitrogens with zero attached hydrogens (tertiary/aromatic N) is 2. The van der Waals surface area contributed by atoms with Crippen molar-refractivity contribution < 1.29 is 0 Å². The average molecular weight is 284 g/mol. The lowest BCUT2D eigenvalue weighted by atomic mass is 10.0. The summed E-state index contributed by atoms with van der Waals surface area (Å²) in [5, 5.41) is 3.33. The van der Waals surface area contributed by atoms with Gasteiger partial charge in [0.05, 0.1) is 5.69 Å². The Kier molecular flexibility index (Phi) is 5.14. The van der Waals surface area contributed by atoms with Crippen LogP contribution in [0.3, 0.4) is 0 Å². The molecule has 0 unspecified atom stereocenters. The second kappa shape index (κ2) is 7.07. The van der Waals surface area contributed by atoms with Crippen molar-refractivity contribution in [3.63, 3.8) is 0 Å². The fraction of sp³-hybridized carbons (Fsp3) is 0.412. The van der Waals surface area contributed by atoms with E-state index < -0.39 is 0 Å². The van der Waals surface area contributed by atoms with Gasteiger partial charge in [-0.2, -0.15) is 4.98 Å². The summed E-state index contributed by atoms with van der Waals surface area (Å²) >= 11 is 0. The highest BCUT2D eigenvalue weighted by molar-refractivity contribution is 5.68. The second-order valence-electron chi connectivity index (χ2n) is 5.38. The molecular formula is C17H24N4. The molecule has 21 heavy (non-hydrogen) atoms. The van der Waals surface area contributed by atoms with Crippen molar-refractivity contribution in [3.8, 4) is 11.3 Å². The zero-order valence-corrected chi connectivity index (χ0v) is 13.1. The summed E-state index contributed by atoms with van der Waals surface area (Å²) in [5.74, 6) is 1.11. The fourth-order valence-corrected chi connectivity index (χ4v) is 2.31. The van der Waals surface area contributed by atoms with Crippen molar-refractivity contribution in [3.05, 3.63) is 35.4 Å². The zero-order chi connectivity index (χ0) is 15.2. The highest BCUT2D eigenvalue weighted by atomic mass is 15.1. The van der Waals surface area contributed by atoms with Gasteiger partial charge in [-0.25, -0.2) is 4.98 Å². The molecule has 0 aliphatic heterocycles. The molecule has 2 aromatic rings. The minimum atomic E-state index is 0.311. The quantitative estimate of drug-likeness (QED) is 0.788. The van der Waals surface area contributed by atoms with Crippen LogP contribution in [0.2, 0.25) is 0 Å². The molecule has 0 aliphatic carbocycles. The van der Waals surface area contributed by atoms with Gasteiger partial charge in [0.25, 0.3) is 0 Å². The maximum atomic E-state index is 5.85. The zero-order valence-electron chi connectivity index (χ0n) is 13.1. The van der Waals surface area contributed by atoms with Crippen molar-refractivity contribution in [1.29, 1.82) is 0 Å². The van der Waals surface area contributed by atoms with Gasteiger partial charge in [-0.15, -0.1) is 0 Å². The van der Waals surface area contributed by atoms with Gasteiger partial charge in [-0.05, 0) is 31.4 Å². The van der Waals surface area contributed by atoms with Gasteiger partial charge in [-0.3, -0.25) is 0 Å². The molecule has 0 aliphatic rings. The van der Waals surface area contributed by atoms with E-state index in [4.69, 9.17) is 5.73 Å². The van der Waals surface area contributed by atoms with Gasteiger partial charge < -0.3 is 11.1 Å². The normalized spacial score (nSPS) is 10.6. The van der Waals surface area contributed by atoms with E-state index in [0.717, 1.165) is 30.0 Å². The third kappa shape index (κ3) is 3.94. The first-order chi connectivity index (χ1) is 10.1. The third-order valence-electron chi connectivity index (χ3n) is 3.71. The lowest BCUT2D eigenvalue weighted by molar-refractivity contribution is 0.742. The van der Waals surface area contributed by atoms with E-state index in [1.165, 1.54) is 24.0 Å². The molecule has 0 amide bonds. The number of unbranched alkanes of at least 4 members (excludes halogenated alkanes) is 2. The first-order valence-electron chi connectivity index (χ1n) is 7.57. The second-order valence-corrected chi connectivity index (χ2v) is 5.38. The third-order valence-corrected chi connectivity index (χ3v) is 3.71. The Labute approximate surface area is 126 Å². The minimum Gasteiger partial charge on any atom is -0.370 e. The van der Waals surface area contributed by atoms with Crippen LogP contribution in [-0.4, -0.2) is 16.5 Å². The summed E-state index contributed by atoms with van der Waals surface area (Å²) in [5.41, 5.74) is 10.3. The van der Waals surface area contributed by atoms with Gasteiger partial charge in [0.1, 0.15) is 5.82 Å². The number of aromatic nitrogens is 2.